The summed E-state index contributed by atoms with van der Waals surface area (Å²) >= 11 is 0. The van der Waals surface area contributed by atoms with E-state index in [-0.39, 0.29) is 0 Å². The van der Waals surface area contributed by atoms with Crippen molar-refractivity contribution < 1.29 is 0 Å². The third-order valence-corrected chi connectivity index (χ3v) is 3.31. The molecule has 2 heteroatoms. The average Bonchev–Trinajstić information content (AvgIpc) is 2.80. The largest absolute Gasteiger partial charge is 0.356 e. The highest BCUT2D eigenvalue weighted by molar-refractivity contribution is 5.51. The topological polar surface area (TPSA) is 6.48 Å². The van der Waals surface area contributed by atoms with Crippen LogP contribution in [0, 0.1) is 0 Å². The molecule has 0 N–H and O–H groups in total. The van der Waals surface area contributed by atoms with E-state index in [4.69, 9.17) is 0 Å². The maximum atomic E-state index is 2.45. The third-order valence-electron chi connectivity index (χ3n) is 3.31. The van der Waals surface area contributed by atoms with E-state index >= 15 is 0 Å². The average molecular weight is 230 g/mol. The molecule has 2 rings (SSSR count). The number of hydrogen-bond donors (Lipinski definition) is 0. The van der Waals surface area contributed by atoms with Crippen LogP contribution in [0.15, 0.2) is 42.7 Å². The van der Waals surface area contributed by atoms with E-state index in [2.05, 4.69) is 66.4 Å². The molecular formula is C15H22N2. The minimum Gasteiger partial charge on any atom is -0.356 e. The van der Waals surface area contributed by atoms with E-state index in [1.807, 2.05) is 0 Å². The summed E-state index contributed by atoms with van der Waals surface area (Å²) in [7, 11) is 0. The molecule has 0 aromatic heterocycles. The van der Waals surface area contributed by atoms with Gasteiger partial charge in [0.05, 0.1) is 0 Å². The smallest absolute Gasteiger partial charge is 0.105 e. The van der Waals surface area contributed by atoms with Crippen LogP contribution in [-0.2, 0) is 0 Å². The first kappa shape index (κ1) is 12.0. The lowest BCUT2D eigenvalue weighted by Gasteiger charge is -2.32. The molecule has 0 amide bonds. The Kier molecular flexibility index (Phi) is 4.08. The van der Waals surface area contributed by atoms with Crippen molar-refractivity contribution in [2.45, 2.75) is 39.3 Å². The molecule has 0 fully saturated rings. The van der Waals surface area contributed by atoms with Gasteiger partial charge in [-0.1, -0.05) is 38.5 Å². The monoisotopic (exact) mass is 230 g/mol. The number of nitrogens with zero attached hydrogens (tertiary/aromatic N) is 2. The Morgan fingerprint density at radius 1 is 1.06 bits per heavy atom. The minimum atomic E-state index is 0.490. The number of hydrogen-bond acceptors (Lipinski definition) is 2. The fraction of sp³-hybridized carbons (Fsp3) is 0.467. The lowest BCUT2D eigenvalue weighted by molar-refractivity contribution is 0.288. The second-order valence-corrected chi connectivity index (χ2v) is 4.52. The molecule has 0 saturated carbocycles. The third kappa shape index (κ3) is 2.63. The molecule has 0 saturated heterocycles. The van der Waals surface area contributed by atoms with Crippen LogP contribution in [-0.4, -0.2) is 17.6 Å². The van der Waals surface area contributed by atoms with Crippen LogP contribution in [0.1, 0.15) is 33.1 Å². The Bertz CT molecular complexity index is 358. The highest BCUT2D eigenvalue weighted by Gasteiger charge is 2.24. The van der Waals surface area contributed by atoms with Crippen LogP contribution in [0.25, 0.3) is 0 Å². The summed E-state index contributed by atoms with van der Waals surface area (Å²) in [5.74, 6) is 0. The second kappa shape index (κ2) is 5.76. The first-order chi connectivity index (χ1) is 8.36. The molecule has 0 radical (unpaired) electrons. The molecule has 1 aliphatic heterocycles. The summed E-state index contributed by atoms with van der Waals surface area (Å²) in [6.45, 7) is 5.66. The molecule has 17 heavy (non-hydrogen) atoms. The molecule has 0 aliphatic carbocycles. The maximum absolute atomic E-state index is 2.45. The molecular weight excluding hydrogens is 208 g/mol. The number of para-hydroxylation sites is 1. The molecule has 0 bridgehead atoms. The second-order valence-electron chi connectivity index (χ2n) is 4.52. The first-order valence-corrected chi connectivity index (χ1v) is 6.64. The van der Waals surface area contributed by atoms with Crippen LogP contribution in [0.5, 0.6) is 0 Å². The fourth-order valence-electron chi connectivity index (χ4n) is 2.37. The highest BCUT2D eigenvalue weighted by Crippen LogP contribution is 2.26. The van der Waals surface area contributed by atoms with Crippen LogP contribution in [0.3, 0.4) is 0 Å². The van der Waals surface area contributed by atoms with Gasteiger partial charge in [0.1, 0.15) is 6.17 Å². The zero-order chi connectivity index (χ0) is 12.1. The summed E-state index contributed by atoms with van der Waals surface area (Å²) in [6, 6.07) is 10.6. The van der Waals surface area contributed by atoms with Crippen LogP contribution in [0.4, 0.5) is 5.69 Å². The van der Waals surface area contributed by atoms with Crippen molar-refractivity contribution in [1.82, 2.24) is 4.90 Å². The van der Waals surface area contributed by atoms with Crippen LogP contribution >= 0.6 is 0 Å². The molecule has 1 aromatic rings. The van der Waals surface area contributed by atoms with Crippen LogP contribution < -0.4 is 4.90 Å². The predicted octanol–water partition coefficient (Wildman–Crippen LogP) is 3.82. The molecule has 1 aliphatic rings. The van der Waals surface area contributed by atoms with Gasteiger partial charge in [0.25, 0.3) is 0 Å². The van der Waals surface area contributed by atoms with Gasteiger partial charge in [-0.3, -0.25) is 0 Å². The van der Waals surface area contributed by atoms with E-state index in [1.165, 1.54) is 18.5 Å². The van der Waals surface area contributed by atoms with Gasteiger partial charge in [-0.05, 0) is 25.0 Å². The van der Waals surface area contributed by atoms with E-state index < -0.39 is 0 Å². The zero-order valence-electron chi connectivity index (χ0n) is 10.8. The lowest BCUT2D eigenvalue weighted by atomic mass is 10.2. The number of rotatable bonds is 5. The SMILES string of the molecule is CCCCN1C=CN(c2ccccc2)C1CC. The summed E-state index contributed by atoms with van der Waals surface area (Å²) in [5, 5.41) is 0. The minimum absolute atomic E-state index is 0.490. The van der Waals surface area contributed by atoms with E-state index in [0.29, 0.717) is 6.17 Å². The fourth-order valence-corrected chi connectivity index (χ4v) is 2.37. The van der Waals surface area contributed by atoms with E-state index in [1.54, 1.807) is 0 Å². The number of unbranched alkanes of at least 4 members (excludes halogenated alkanes) is 1. The molecule has 1 unspecified atom stereocenters. The molecule has 1 atom stereocenters. The van der Waals surface area contributed by atoms with Crippen molar-refractivity contribution in [1.29, 1.82) is 0 Å². The summed E-state index contributed by atoms with van der Waals surface area (Å²) in [5.41, 5.74) is 1.29. The van der Waals surface area contributed by atoms with E-state index in [9.17, 15) is 0 Å². The molecule has 1 heterocycles. The lowest BCUT2D eigenvalue weighted by Crippen LogP contribution is -2.38. The van der Waals surface area contributed by atoms with Gasteiger partial charge in [-0.2, -0.15) is 0 Å². The number of benzene rings is 1. The normalized spacial score (nSPS) is 19.1. The van der Waals surface area contributed by atoms with Gasteiger partial charge < -0.3 is 9.80 Å². The van der Waals surface area contributed by atoms with Gasteiger partial charge in [0, 0.05) is 24.6 Å². The van der Waals surface area contributed by atoms with Gasteiger partial charge in [0.2, 0.25) is 0 Å². The Morgan fingerprint density at radius 2 is 1.82 bits per heavy atom. The first-order valence-electron chi connectivity index (χ1n) is 6.64. The highest BCUT2D eigenvalue weighted by atomic mass is 15.4. The quantitative estimate of drug-likeness (QED) is 0.759. The summed E-state index contributed by atoms with van der Waals surface area (Å²) in [6.07, 6.45) is 8.60. The molecule has 2 nitrogen and oxygen atoms in total. The van der Waals surface area contributed by atoms with Crippen molar-refractivity contribution in [3.8, 4) is 0 Å². The van der Waals surface area contributed by atoms with Crippen molar-refractivity contribution in [2.24, 2.45) is 0 Å². The Hall–Kier alpha value is -1.44. The molecule has 0 spiro atoms. The van der Waals surface area contributed by atoms with Gasteiger partial charge >= 0.3 is 0 Å². The van der Waals surface area contributed by atoms with Gasteiger partial charge in [-0.15, -0.1) is 0 Å². The van der Waals surface area contributed by atoms with Gasteiger partial charge in [-0.25, -0.2) is 0 Å². The summed E-state index contributed by atoms with van der Waals surface area (Å²) < 4.78 is 0. The standard InChI is InChI=1S/C15H22N2/c1-3-5-11-16-12-13-17(15(16)4-2)14-9-7-6-8-10-14/h6-10,12-13,15H,3-5,11H2,1-2H3. The van der Waals surface area contributed by atoms with E-state index in [0.717, 1.165) is 13.0 Å². The molecule has 1 aromatic carbocycles. The Balaban J connectivity index is 2.08. The summed E-state index contributed by atoms with van der Waals surface area (Å²) in [4.78, 5) is 4.83. The predicted molar refractivity (Wildman–Crippen MR) is 73.8 cm³/mol. The Labute approximate surface area is 105 Å². The zero-order valence-corrected chi connectivity index (χ0v) is 10.8. The maximum Gasteiger partial charge on any atom is 0.105 e. The molecule has 92 valence electrons. The van der Waals surface area contributed by atoms with Crippen molar-refractivity contribution in [2.75, 3.05) is 11.4 Å². The number of anilines is 1. The van der Waals surface area contributed by atoms with Gasteiger partial charge in [0.15, 0.2) is 0 Å². The van der Waals surface area contributed by atoms with Crippen LogP contribution in [0.2, 0.25) is 0 Å². The Morgan fingerprint density at radius 3 is 2.47 bits per heavy atom. The van der Waals surface area contributed by atoms with Crippen molar-refractivity contribution in [3.05, 3.63) is 42.7 Å². The van der Waals surface area contributed by atoms with Crippen molar-refractivity contribution in [3.63, 3.8) is 0 Å². The van der Waals surface area contributed by atoms with Crippen molar-refractivity contribution >= 4 is 5.69 Å².